The molecule has 0 atom stereocenters. The van der Waals surface area contributed by atoms with Crippen molar-refractivity contribution in [3.05, 3.63) is 64.5 Å². The van der Waals surface area contributed by atoms with Crippen LogP contribution in [0.4, 0.5) is 5.69 Å². The average Bonchev–Trinajstić information content (AvgIpc) is 3.00. The molecule has 2 aromatic rings. The zero-order valence-corrected chi connectivity index (χ0v) is 11.9. The number of benzene rings is 1. The Hall–Kier alpha value is -2.96. The summed E-state index contributed by atoms with van der Waals surface area (Å²) in [7, 11) is 0. The molecule has 0 unspecified atom stereocenters. The summed E-state index contributed by atoms with van der Waals surface area (Å²) >= 11 is 0. The van der Waals surface area contributed by atoms with Crippen LogP contribution in [0.2, 0.25) is 0 Å². The fraction of sp³-hybridized carbons (Fsp3) is 0.200. The highest BCUT2D eigenvalue weighted by Gasteiger charge is 2.09. The van der Waals surface area contributed by atoms with Gasteiger partial charge < -0.3 is 5.32 Å². The van der Waals surface area contributed by atoms with Gasteiger partial charge in [-0.3, -0.25) is 19.6 Å². The number of rotatable bonds is 7. The molecule has 1 aromatic carbocycles. The molecule has 0 aliphatic carbocycles. The van der Waals surface area contributed by atoms with Gasteiger partial charge in [-0.25, -0.2) is 0 Å². The molecule has 0 bridgehead atoms. The Morgan fingerprint density at radius 1 is 1.36 bits per heavy atom. The van der Waals surface area contributed by atoms with Crippen LogP contribution in [0.1, 0.15) is 12.0 Å². The third kappa shape index (κ3) is 4.86. The number of carbonyl (C=O) groups excluding carboxylic acids is 1. The summed E-state index contributed by atoms with van der Waals surface area (Å²) in [6.07, 6.45) is 6.49. The molecule has 1 N–H and O–H groups in total. The molecule has 1 amide bonds. The first-order valence-corrected chi connectivity index (χ1v) is 6.80. The predicted octanol–water partition coefficient (Wildman–Crippen LogP) is 2.01. The van der Waals surface area contributed by atoms with Gasteiger partial charge >= 0.3 is 5.69 Å². The molecule has 0 aliphatic heterocycles. The van der Waals surface area contributed by atoms with Crippen molar-refractivity contribution in [2.24, 2.45) is 0 Å². The first-order valence-electron chi connectivity index (χ1n) is 6.80. The second kappa shape index (κ2) is 7.72. The first kappa shape index (κ1) is 15.4. The summed E-state index contributed by atoms with van der Waals surface area (Å²) in [5.41, 5.74) is 0.992. The number of nitrogens with zero attached hydrogens (tertiary/aromatic N) is 3. The molecule has 7 heteroatoms. The maximum Gasteiger partial charge on any atom is 0.306 e. The van der Waals surface area contributed by atoms with Gasteiger partial charge in [-0.05, 0) is 5.56 Å². The second-order valence-electron chi connectivity index (χ2n) is 4.59. The average molecular weight is 300 g/mol. The van der Waals surface area contributed by atoms with Crippen molar-refractivity contribution >= 4 is 17.7 Å². The number of carbonyl (C=O) groups is 1. The molecular formula is C15H16N4O3. The minimum absolute atomic E-state index is 0.0776. The topological polar surface area (TPSA) is 90.1 Å². The van der Waals surface area contributed by atoms with E-state index < -0.39 is 4.92 Å². The van der Waals surface area contributed by atoms with Crippen LogP contribution < -0.4 is 5.32 Å². The summed E-state index contributed by atoms with van der Waals surface area (Å²) < 4.78 is 1.39. The van der Waals surface area contributed by atoms with Crippen LogP contribution >= 0.6 is 0 Å². The van der Waals surface area contributed by atoms with Crippen molar-refractivity contribution in [3.63, 3.8) is 0 Å². The van der Waals surface area contributed by atoms with Gasteiger partial charge in [-0.2, -0.15) is 5.10 Å². The largest absolute Gasteiger partial charge is 0.353 e. The molecule has 1 heterocycles. The summed E-state index contributed by atoms with van der Waals surface area (Å²) in [6, 6.07) is 9.79. The lowest BCUT2D eigenvalue weighted by Crippen LogP contribution is -2.24. The summed E-state index contributed by atoms with van der Waals surface area (Å²) in [6.45, 7) is 0.745. The zero-order valence-electron chi connectivity index (χ0n) is 11.9. The quantitative estimate of drug-likeness (QED) is 0.625. The van der Waals surface area contributed by atoms with Gasteiger partial charge in [-0.15, -0.1) is 0 Å². The Morgan fingerprint density at radius 2 is 2.14 bits per heavy atom. The maximum atomic E-state index is 11.6. The summed E-state index contributed by atoms with van der Waals surface area (Å²) in [4.78, 5) is 21.6. The normalized spacial score (nSPS) is 10.7. The number of aromatic nitrogens is 2. The minimum Gasteiger partial charge on any atom is -0.353 e. The Kier molecular flexibility index (Phi) is 5.42. The van der Waals surface area contributed by atoms with E-state index in [1.54, 1.807) is 0 Å². The van der Waals surface area contributed by atoms with Crippen molar-refractivity contribution in [2.75, 3.05) is 6.54 Å². The van der Waals surface area contributed by atoms with E-state index in [0.717, 1.165) is 5.56 Å². The standard InChI is InChI=1S/C15H16N4O3/c20-15(8-10-18-12-14(11-17-18)19(21)22)16-9-4-7-13-5-2-1-3-6-13/h1-7,11-12H,8-10H2,(H,16,20)/b7-4+. The Labute approximate surface area is 127 Å². The lowest BCUT2D eigenvalue weighted by molar-refractivity contribution is -0.385. The number of amides is 1. The van der Waals surface area contributed by atoms with Crippen molar-refractivity contribution in [1.29, 1.82) is 0 Å². The molecular weight excluding hydrogens is 284 g/mol. The molecule has 0 radical (unpaired) electrons. The highest BCUT2D eigenvalue weighted by atomic mass is 16.6. The van der Waals surface area contributed by atoms with E-state index in [2.05, 4.69) is 10.4 Å². The van der Waals surface area contributed by atoms with E-state index in [4.69, 9.17) is 0 Å². The number of nitro groups is 1. The predicted molar refractivity (Wildman–Crippen MR) is 82.0 cm³/mol. The Morgan fingerprint density at radius 3 is 2.82 bits per heavy atom. The van der Waals surface area contributed by atoms with E-state index >= 15 is 0 Å². The first-order chi connectivity index (χ1) is 10.6. The van der Waals surface area contributed by atoms with Gasteiger partial charge in [0, 0.05) is 19.5 Å². The molecule has 0 saturated carbocycles. The molecule has 0 saturated heterocycles. The third-order valence-corrected chi connectivity index (χ3v) is 2.93. The smallest absolute Gasteiger partial charge is 0.306 e. The van der Waals surface area contributed by atoms with Crippen molar-refractivity contribution in [1.82, 2.24) is 15.1 Å². The Bertz CT molecular complexity index is 664. The van der Waals surface area contributed by atoms with Gasteiger partial charge in [0.1, 0.15) is 12.4 Å². The maximum absolute atomic E-state index is 11.6. The van der Waals surface area contributed by atoms with Crippen molar-refractivity contribution in [3.8, 4) is 0 Å². The summed E-state index contributed by atoms with van der Waals surface area (Å²) in [5, 5.41) is 17.1. The van der Waals surface area contributed by atoms with Gasteiger partial charge in [0.25, 0.3) is 0 Å². The van der Waals surface area contributed by atoms with Crippen LogP contribution in [0.5, 0.6) is 0 Å². The molecule has 2 rings (SSSR count). The third-order valence-electron chi connectivity index (χ3n) is 2.93. The fourth-order valence-corrected chi connectivity index (χ4v) is 1.81. The number of hydrogen-bond donors (Lipinski definition) is 1. The molecule has 7 nitrogen and oxygen atoms in total. The SMILES string of the molecule is O=C(CCn1cc([N+](=O)[O-])cn1)NC/C=C/c1ccccc1. The molecule has 0 aliphatic rings. The van der Waals surface area contributed by atoms with Crippen LogP contribution in [0, 0.1) is 10.1 Å². The number of hydrogen-bond acceptors (Lipinski definition) is 4. The lowest BCUT2D eigenvalue weighted by Gasteiger charge is -2.02. The molecule has 1 aromatic heterocycles. The van der Waals surface area contributed by atoms with Crippen LogP contribution in [0.3, 0.4) is 0 Å². The van der Waals surface area contributed by atoms with E-state index in [-0.39, 0.29) is 18.0 Å². The van der Waals surface area contributed by atoms with Crippen LogP contribution in [-0.4, -0.2) is 27.2 Å². The van der Waals surface area contributed by atoms with E-state index in [0.29, 0.717) is 13.1 Å². The van der Waals surface area contributed by atoms with E-state index in [1.165, 1.54) is 17.1 Å². The van der Waals surface area contributed by atoms with Gasteiger partial charge in [0.15, 0.2) is 0 Å². The van der Waals surface area contributed by atoms with Crippen molar-refractivity contribution in [2.45, 2.75) is 13.0 Å². The van der Waals surface area contributed by atoms with E-state index in [1.807, 2.05) is 42.5 Å². The monoisotopic (exact) mass is 300 g/mol. The van der Waals surface area contributed by atoms with Gasteiger partial charge in [0.2, 0.25) is 5.91 Å². The number of nitrogens with one attached hydrogen (secondary N) is 1. The second-order valence-corrected chi connectivity index (χ2v) is 4.59. The zero-order chi connectivity index (χ0) is 15.8. The summed E-state index contributed by atoms with van der Waals surface area (Å²) in [5.74, 6) is -0.129. The molecule has 0 fully saturated rings. The van der Waals surface area contributed by atoms with Crippen molar-refractivity contribution < 1.29 is 9.72 Å². The van der Waals surface area contributed by atoms with Gasteiger partial charge in [0.05, 0.1) is 4.92 Å². The van der Waals surface area contributed by atoms with Crippen LogP contribution in [-0.2, 0) is 11.3 Å². The number of aryl methyl sites for hydroxylation is 1. The highest BCUT2D eigenvalue weighted by Crippen LogP contribution is 2.07. The molecule has 22 heavy (non-hydrogen) atoms. The molecule has 0 spiro atoms. The molecule has 114 valence electrons. The lowest BCUT2D eigenvalue weighted by atomic mass is 10.2. The minimum atomic E-state index is -0.516. The van der Waals surface area contributed by atoms with Crippen LogP contribution in [0.15, 0.2) is 48.8 Å². The Balaban J connectivity index is 1.69. The fourth-order valence-electron chi connectivity index (χ4n) is 1.81. The van der Waals surface area contributed by atoms with Crippen LogP contribution in [0.25, 0.3) is 6.08 Å². The highest BCUT2D eigenvalue weighted by molar-refractivity contribution is 5.76. The van der Waals surface area contributed by atoms with Gasteiger partial charge in [-0.1, -0.05) is 42.5 Å². The van der Waals surface area contributed by atoms with E-state index in [9.17, 15) is 14.9 Å².